The average molecular weight is 496 g/mol. The third-order valence-electron chi connectivity index (χ3n) is 7.12. The average Bonchev–Trinajstić information content (AvgIpc) is 3.38. The number of piperidine rings is 1. The molecule has 0 spiro atoms. The summed E-state index contributed by atoms with van der Waals surface area (Å²) in [6.07, 6.45) is 8.79. The topological polar surface area (TPSA) is 109 Å². The monoisotopic (exact) mass is 495 g/mol. The van der Waals surface area contributed by atoms with Crippen molar-refractivity contribution in [3.05, 3.63) is 66.2 Å². The van der Waals surface area contributed by atoms with Crippen LogP contribution in [0.15, 0.2) is 55.1 Å². The predicted octanol–water partition coefficient (Wildman–Crippen LogP) is 2.71. The number of piperazine rings is 1. The molecule has 0 amide bonds. The summed E-state index contributed by atoms with van der Waals surface area (Å²) in [4.78, 5) is 24.8. The minimum absolute atomic E-state index is 0.0577. The van der Waals surface area contributed by atoms with Gasteiger partial charge in [0, 0.05) is 61.3 Å². The van der Waals surface area contributed by atoms with Crippen molar-refractivity contribution in [1.29, 1.82) is 5.26 Å². The maximum absolute atomic E-state index is 10.8. The zero-order chi connectivity index (χ0) is 25.4. The lowest BCUT2D eigenvalue weighted by Crippen LogP contribution is -2.68. The smallest absolute Gasteiger partial charge is 0.212 e. The van der Waals surface area contributed by atoms with Gasteiger partial charge in [-0.25, -0.2) is 14.5 Å². The number of hydrogen-bond donors (Lipinski definition) is 0. The number of anilines is 1. The highest BCUT2D eigenvalue weighted by Crippen LogP contribution is 2.36. The predicted molar refractivity (Wildman–Crippen MR) is 135 cm³/mol. The van der Waals surface area contributed by atoms with E-state index in [1.165, 1.54) is 18.2 Å². The second-order valence-electron chi connectivity index (χ2n) is 9.26. The Morgan fingerprint density at radius 1 is 1.14 bits per heavy atom. The molecule has 0 aromatic carbocycles. The third kappa shape index (κ3) is 4.23. The van der Waals surface area contributed by atoms with E-state index in [9.17, 15) is 10.1 Å². The molecule has 7 rings (SSSR count). The molecule has 3 aliphatic heterocycles. The van der Waals surface area contributed by atoms with Crippen molar-refractivity contribution in [2.45, 2.75) is 25.0 Å². The Morgan fingerprint density at radius 3 is 2.68 bits per heavy atom. The number of aromatic nitrogens is 4. The van der Waals surface area contributed by atoms with Crippen molar-refractivity contribution < 1.29 is 14.3 Å². The molecule has 7 heterocycles. The first-order valence-electron chi connectivity index (χ1n) is 12.1. The van der Waals surface area contributed by atoms with E-state index in [-0.39, 0.29) is 6.61 Å². The Hall–Kier alpha value is -4.49. The van der Waals surface area contributed by atoms with Crippen molar-refractivity contribution in [2.75, 3.05) is 31.7 Å². The zero-order valence-electron chi connectivity index (χ0n) is 20.3. The van der Waals surface area contributed by atoms with Crippen LogP contribution in [0.4, 0.5) is 5.82 Å². The summed E-state index contributed by atoms with van der Waals surface area (Å²) in [5, 5.41) is 13.8. The van der Waals surface area contributed by atoms with Crippen LogP contribution in [0.25, 0.3) is 16.6 Å². The highest BCUT2D eigenvalue weighted by Gasteiger charge is 2.44. The Morgan fingerprint density at radius 2 is 2.00 bits per heavy atom. The van der Waals surface area contributed by atoms with Crippen molar-refractivity contribution in [3.8, 4) is 28.8 Å². The molecular formula is C27H25N7O3. The number of rotatable bonds is 8. The van der Waals surface area contributed by atoms with Crippen LogP contribution in [-0.4, -0.2) is 69.7 Å². The van der Waals surface area contributed by atoms with Gasteiger partial charge in [-0.2, -0.15) is 10.4 Å². The first-order valence-corrected chi connectivity index (χ1v) is 12.1. The Bertz CT molecular complexity index is 1470. The molecule has 3 fully saturated rings. The number of carbonyl (C=O) groups is 1. The van der Waals surface area contributed by atoms with Crippen LogP contribution in [0.5, 0.6) is 11.6 Å². The van der Waals surface area contributed by atoms with E-state index in [1.807, 2.05) is 36.7 Å². The van der Waals surface area contributed by atoms with E-state index in [0.717, 1.165) is 36.6 Å². The van der Waals surface area contributed by atoms with Gasteiger partial charge in [-0.3, -0.25) is 9.69 Å². The van der Waals surface area contributed by atoms with E-state index >= 15 is 0 Å². The van der Waals surface area contributed by atoms with Gasteiger partial charge in [0.2, 0.25) is 5.88 Å². The number of pyridine rings is 3. The molecule has 3 aliphatic rings. The summed E-state index contributed by atoms with van der Waals surface area (Å²) >= 11 is 0. The minimum Gasteiger partial charge on any atom is -0.485 e. The lowest BCUT2D eigenvalue weighted by atomic mass is 9.87. The second-order valence-corrected chi connectivity index (χ2v) is 9.26. The van der Waals surface area contributed by atoms with Gasteiger partial charge in [-0.05, 0) is 30.2 Å². The van der Waals surface area contributed by atoms with Crippen molar-refractivity contribution >= 4 is 17.6 Å². The molecule has 186 valence electrons. The zero-order valence-corrected chi connectivity index (χ0v) is 20.3. The first kappa shape index (κ1) is 22.9. The summed E-state index contributed by atoms with van der Waals surface area (Å²) < 4.78 is 12.3. The number of methoxy groups -OCH3 is 1. The summed E-state index contributed by atoms with van der Waals surface area (Å²) in [6, 6.07) is 13.0. The standard InChI is InChI=1S/C27H25N7O3/c1-36-26-5-2-18(11-30-26)14-33-21-8-22(33)16-32(15-21)25-4-3-19(12-29-25)24-9-23(37-7-6-35)17-34-27(24)20(10-28)13-31-34/h2-6,9,11-13,17,21-22H,7-8,14-16H2,1H3. The number of nitriles is 1. The van der Waals surface area contributed by atoms with Crippen LogP contribution in [0.1, 0.15) is 17.5 Å². The van der Waals surface area contributed by atoms with E-state index in [0.29, 0.717) is 41.1 Å². The maximum atomic E-state index is 10.8. The number of aldehydes is 1. The maximum Gasteiger partial charge on any atom is 0.212 e. The van der Waals surface area contributed by atoms with E-state index in [2.05, 4.69) is 32.0 Å². The van der Waals surface area contributed by atoms with Gasteiger partial charge < -0.3 is 14.4 Å². The van der Waals surface area contributed by atoms with Gasteiger partial charge in [0.1, 0.15) is 24.2 Å². The van der Waals surface area contributed by atoms with Crippen LogP contribution in [0.2, 0.25) is 0 Å². The Balaban J connectivity index is 1.19. The molecule has 37 heavy (non-hydrogen) atoms. The number of nitrogens with zero attached hydrogens (tertiary/aromatic N) is 7. The fourth-order valence-corrected chi connectivity index (χ4v) is 5.31. The highest BCUT2D eigenvalue weighted by atomic mass is 16.5. The summed E-state index contributed by atoms with van der Waals surface area (Å²) in [5.74, 6) is 2.06. The molecule has 2 bridgehead atoms. The van der Waals surface area contributed by atoms with Crippen LogP contribution in [-0.2, 0) is 11.3 Å². The van der Waals surface area contributed by atoms with E-state index in [4.69, 9.17) is 14.5 Å². The first-order chi connectivity index (χ1) is 18.2. The molecule has 4 aromatic rings. The molecule has 2 unspecified atom stereocenters. The molecule has 0 saturated carbocycles. The van der Waals surface area contributed by atoms with Crippen LogP contribution >= 0.6 is 0 Å². The second kappa shape index (κ2) is 9.52. The summed E-state index contributed by atoms with van der Waals surface area (Å²) in [5.41, 5.74) is 3.95. The molecule has 3 saturated heterocycles. The lowest BCUT2D eigenvalue weighted by Gasteiger charge is -2.56. The number of hydrogen-bond acceptors (Lipinski definition) is 9. The van der Waals surface area contributed by atoms with Gasteiger partial charge in [-0.1, -0.05) is 6.07 Å². The van der Waals surface area contributed by atoms with Crippen molar-refractivity contribution in [2.24, 2.45) is 0 Å². The van der Waals surface area contributed by atoms with Crippen LogP contribution < -0.4 is 14.4 Å². The third-order valence-corrected chi connectivity index (χ3v) is 7.12. The normalized spacial score (nSPS) is 18.8. The number of ether oxygens (including phenoxy) is 2. The number of fused-ring (bicyclic) bond motifs is 3. The Kier molecular flexibility index (Phi) is 5.90. The quantitative estimate of drug-likeness (QED) is 0.341. The molecule has 0 radical (unpaired) electrons. The number of carbonyl (C=O) groups excluding carboxylic acids is 1. The fraction of sp³-hybridized carbons (Fsp3) is 0.296. The highest BCUT2D eigenvalue weighted by molar-refractivity contribution is 5.85. The van der Waals surface area contributed by atoms with Crippen LogP contribution in [0, 0.1) is 11.3 Å². The van der Waals surface area contributed by atoms with Gasteiger partial charge in [0.05, 0.1) is 30.6 Å². The molecule has 10 nitrogen and oxygen atoms in total. The van der Waals surface area contributed by atoms with E-state index in [1.54, 1.807) is 17.8 Å². The van der Waals surface area contributed by atoms with Gasteiger partial charge in [-0.15, -0.1) is 0 Å². The van der Waals surface area contributed by atoms with Crippen molar-refractivity contribution in [1.82, 2.24) is 24.5 Å². The molecule has 0 N–H and O–H groups in total. The molecule has 0 aliphatic carbocycles. The molecule has 4 aromatic heterocycles. The largest absolute Gasteiger partial charge is 0.485 e. The Labute approximate surface area is 213 Å². The fourth-order valence-electron chi connectivity index (χ4n) is 5.31. The lowest BCUT2D eigenvalue weighted by molar-refractivity contribution is -0.109. The summed E-state index contributed by atoms with van der Waals surface area (Å²) in [6.45, 7) is 2.68. The molecular weight excluding hydrogens is 470 g/mol. The SMILES string of the molecule is COc1ccc(CN2C3CC2CN(c2ccc(-c4cc(OCC=O)cn5ncc(C#N)c45)cn2)C3)cn1. The van der Waals surface area contributed by atoms with E-state index < -0.39 is 0 Å². The minimum atomic E-state index is -0.0577. The van der Waals surface area contributed by atoms with Crippen LogP contribution in [0.3, 0.4) is 0 Å². The van der Waals surface area contributed by atoms with Gasteiger partial charge in [0.25, 0.3) is 0 Å². The summed E-state index contributed by atoms with van der Waals surface area (Å²) in [7, 11) is 1.63. The van der Waals surface area contributed by atoms with Gasteiger partial charge >= 0.3 is 0 Å². The molecule has 10 heteroatoms. The van der Waals surface area contributed by atoms with Crippen molar-refractivity contribution in [3.63, 3.8) is 0 Å². The van der Waals surface area contributed by atoms with Gasteiger partial charge in [0.15, 0.2) is 6.29 Å². The molecule has 2 atom stereocenters.